The van der Waals surface area contributed by atoms with Crippen LogP contribution in [-0.2, 0) is 0 Å². The molecule has 0 bridgehead atoms. The normalized spacial score (nSPS) is 9.80. The number of anilines is 1. The van der Waals surface area contributed by atoms with Crippen molar-refractivity contribution in [2.24, 2.45) is 0 Å². The third kappa shape index (κ3) is 1.10. The quantitative estimate of drug-likeness (QED) is 0.595. The summed E-state index contributed by atoms with van der Waals surface area (Å²) in [6.07, 6.45) is 1.28. The first kappa shape index (κ1) is 7.44. The van der Waals surface area contributed by atoms with Gasteiger partial charge in [-0.15, -0.1) is 0 Å². The average molecular weight is 179 g/mol. The highest BCUT2D eigenvalue weighted by Gasteiger charge is 2.06. The van der Waals surface area contributed by atoms with E-state index in [1.54, 1.807) is 0 Å². The second-order valence-electron chi connectivity index (χ2n) is 1.66. The third-order valence-corrected chi connectivity index (χ3v) is 1.58. The van der Waals surface area contributed by atoms with Crippen LogP contribution in [0.1, 0.15) is 0 Å². The van der Waals surface area contributed by atoms with E-state index < -0.39 is 0 Å². The van der Waals surface area contributed by atoms with Crippen molar-refractivity contribution in [3.8, 4) is 5.75 Å². The molecule has 0 fully saturated rings. The molecule has 0 spiro atoms. The zero-order valence-electron chi connectivity index (χ0n) is 4.81. The number of halogens is 2. The minimum atomic E-state index is -0.269. The first-order valence-corrected chi connectivity index (χ1v) is 3.17. The fourth-order valence-corrected chi connectivity index (χ4v) is 0.757. The summed E-state index contributed by atoms with van der Waals surface area (Å²) in [5.74, 6) is -0.269. The van der Waals surface area contributed by atoms with E-state index in [-0.39, 0.29) is 21.6 Å². The van der Waals surface area contributed by atoms with E-state index in [1.165, 1.54) is 6.20 Å². The maximum Gasteiger partial charge on any atom is 0.177 e. The maximum atomic E-state index is 8.98. The highest BCUT2D eigenvalue weighted by molar-refractivity contribution is 6.35. The van der Waals surface area contributed by atoms with Crippen LogP contribution >= 0.6 is 23.2 Å². The molecule has 0 aliphatic carbocycles. The van der Waals surface area contributed by atoms with Gasteiger partial charge < -0.3 is 10.8 Å². The van der Waals surface area contributed by atoms with Crippen molar-refractivity contribution >= 4 is 28.9 Å². The number of nitrogen functional groups attached to an aromatic ring is 1. The van der Waals surface area contributed by atoms with Crippen molar-refractivity contribution in [3.05, 3.63) is 16.4 Å². The summed E-state index contributed by atoms with van der Waals surface area (Å²) in [5, 5.41) is 9.14. The van der Waals surface area contributed by atoms with Crippen LogP contribution in [0.15, 0.2) is 6.20 Å². The summed E-state index contributed by atoms with van der Waals surface area (Å²) >= 11 is 10.9. The first-order valence-electron chi connectivity index (χ1n) is 2.41. The van der Waals surface area contributed by atoms with E-state index in [0.717, 1.165) is 0 Å². The zero-order chi connectivity index (χ0) is 7.72. The van der Waals surface area contributed by atoms with Gasteiger partial charge in [-0.3, -0.25) is 0 Å². The molecule has 1 aromatic heterocycles. The van der Waals surface area contributed by atoms with Gasteiger partial charge in [-0.1, -0.05) is 23.2 Å². The molecule has 0 aliphatic heterocycles. The number of pyridine rings is 1. The molecule has 0 aliphatic rings. The van der Waals surface area contributed by atoms with E-state index in [1.807, 2.05) is 0 Å². The molecular formula is C5H4Cl2N2O. The van der Waals surface area contributed by atoms with Crippen LogP contribution in [0.25, 0.3) is 0 Å². The molecule has 1 heterocycles. The molecule has 1 rings (SSSR count). The van der Waals surface area contributed by atoms with Crippen molar-refractivity contribution in [1.82, 2.24) is 4.98 Å². The largest absolute Gasteiger partial charge is 0.503 e. The average Bonchev–Trinajstić information content (AvgIpc) is 1.93. The number of rotatable bonds is 0. The summed E-state index contributed by atoms with van der Waals surface area (Å²) in [6.45, 7) is 0. The van der Waals surface area contributed by atoms with E-state index >= 15 is 0 Å². The van der Waals surface area contributed by atoms with Gasteiger partial charge in [0.05, 0.1) is 10.7 Å². The Labute approximate surface area is 67.4 Å². The van der Waals surface area contributed by atoms with Gasteiger partial charge in [-0.25, -0.2) is 4.98 Å². The lowest BCUT2D eigenvalue weighted by Gasteiger charge is -2.00. The Balaban J connectivity index is 3.34. The zero-order valence-corrected chi connectivity index (χ0v) is 6.32. The van der Waals surface area contributed by atoms with E-state index in [9.17, 15) is 0 Å². The van der Waals surface area contributed by atoms with Crippen LogP contribution < -0.4 is 5.73 Å². The van der Waals surface area contributed by atoms with Gasteiger partial charge in [0.2, 0.25) is 0 Å². The highest BCUT2D eigenvalue weighted by atomic mass is 35.5. The Hall–Kier alpha value is -0.670. The smallest absolute Gasteiger partial charge is 0.177 e. The molecule has 10 heavy (non-hydrogen) atoms. The van der Waals surface area contributed by atoms with E-state index in [2.05, 4.69) is 4.98 Å². The number of nitrogens with zero attached hydrogens (tertiary/aromatic N) is 1. The monoisotopic (exact) mass is 178 g/mol. The Morgan fingerprint density at radius 2 is 2.10 bits per heavy atom. The molecule has 0 saturated carbocycles. The second-order valence-corrected chi connectivity index (χ2v) is 2.42. The van der Waals surface area contributed by atoms with Crippen molar-refractivity contribution in [2.45, 2.75) is 0 Å². The van der Waals surface area contributed by atoms with Crippen LogP contribution in [-0.4, -0.2) is 10.1 Å². The van der Waals surface area contributed by atoms with Gasteiger partial charge in [0.1, 0.15) is 0 Å². The van der Waals surface area contributed by atoms with Crippen LogP contribution in [0, 0.1) is 0 Å². The van der Waals surface area contributed by atoms with Crippen molar-refractivity contribution < 1.29 is 5.11 Å². The third-order valence-electron chi connectivity index (χ3n) is 0.999. The number of nitrogens with two attached hydrogens (primary N) is 1. The molecule has 0 atom stereocenters. The van der Waals surface area contributed by atoms with Crippen molar-refractivity contribution in [2.75, 3.05) is 5.73 Å². The molecule has 3 N–H and O–H groups in total. The molecule has 54 valence electrons. The lowest BCUT2D eigenvalue weighted by Crippen LogP contribution is -1.89. The molecule has 0 saturated heterocycles. The van der Waals surface area contributed by atoms with Gasteiger partial charge in [0.25, 0.3) is 0 Å². The Morgan fingerprint density at radius 3 is 2.60 bits per heavy atom. The predicted octanol–water partition coefficient (Wildman–Crippen LogP) is 1.68. The fraction of sp³-hybridized carbons (Fsp3) is 0. The van der Waals surface area contributed by atoms with Gasteiger partial charge >= 0.3 is 0 Å². The molecule has 1 aromatic rings. The van der Waals surface area contributed by atoms with Gasteiger partial charge in [-0.2, -0.15) is 0 Å². The minimum Gasteiger partial charge on any atom is -0.503 e. The molecule has 0 unspecified atom stereocenters. The molecule has 3 nitrogen and oxygen atoms in total. The predicted molar refractivity (Wildman–Crippen MR) is 40.3 cm³/mol. The topological polar surface area (TPSA) is 59.1 Å². The number of aromatic nitrogens is 1. The maximum absolute atomic E-state index is 8.98. The number of hydrogen-bond donors (Lipinski definition) is 2. The van der Waals surface area contributed by atoms with Crippen LogP contribution in [0.4, 0.5) is 5.69 Å². The highest BCUT2D eigenvalue weighted by Crippen LogP contribution is 2.32. The molecule has 0 aromatic carbocycles. The van der Waals surface area contributed by atoms with Crippen LogP contribution in [0.5, 0.6) is 5.75 Å². The minimum absolute atomic E-state index is 0.0399. The first-order chi connectivity index (χ1) is 4.63. The van der Waals surface area contributed by atoms with Crippen LogP contribution in [0.2, 0.25) is 10.2 Å². The molecule has 5 heteroatoms. The Bertz CT molecular complexity index is 237. The lowest BCUT2D eigenvalue weighted by molar-refractivity contribution is 0.476. The van der Waals surface area contributed by atoms with E-state index in [4.69, 9.17) is 34.0 Å². The second kappa shape index (κ2) is 2.52. The van der Waals surface area contributed by atoms with Crippen LogP contribution in [0.3, 0.4) is 0 Å². The molecule has 0 amide bonds. The molecular weight excluding hydrogens is 175 g/mol. The molecule has 0 radical (unpaired) electrons. The number of hydrogen-bond acceptors (Lipinski definition) is 3. The standard InChI is InChI=1S/C5H4Cl2N2O/c6-2-1-9-5(7)4(10)3(2)8/h1,10H,(H2,8,9). The Kier molecular flexibility index (Phi) is 1.87. The summed E-state index contributed by atoms with van der Waals surface area (Å²) in [4.78, 5) is 3.54. The van der Waals surface area contributed by atoms with E-state index in [0.29, 0.717) is 0 Å². The van der Waals surface area contributed by atoms with Crippen molar-refractivity contribution in [3.63, 3.8) is 0 Å². The summed E-state index contributed by atoms with van der Waals surface area (Å²) in [7, 11) is 0. The summed E-state index contributed by atoms with van der Waals surface area (Å²) in [5.41, 5.74) is 5.33. The van der Waals surface area contributed by atoms with Gasteiger partial charge in [-0.05, 0) is 0 Å². The fourth-order valence-electron chi connectivity index (χ4n) is 0.468. The lowest BCUT2D eigenvalue weighted by atomic mass is 10.4. The Morgan fingerprint density at radius 1 is 1.50 bits per heavy atom. The SMILES string of the molecule is Nc1c(Cl)cnc(Cl)c1O. The van der Waals surface area contributed by atoms with Gasteiger partial charge in [0, 0.05) is 6.20 Å². The van der Waals surface area contributed by atoms with Crippen molar-refractivity contribution in [1.29, 1.82) is 0 Å². The summed E-state index contributed by atoms with van der Waals surface area (Å²) < 4.78 is 0. The summed E-state index contributed by atoms with van der Waals surface area (Å²) in [6, 6.07) is 0. The number of aromatic hydroxyl groups is 1. The van der Waals surface area contributed by atoms with Gasteiger partial charge in [0.15, 0.2) is 10.9 Å².